The minimum Gasteiger partial charge on any atom is -0.311 e. The first-order chi connectivity index (χ1) is 25.8. The van der Waals surface area contributed by atoms with E-state index in [1.54, 1.807) is 0 Å². The summed E-state index contributed by atoms with van der Waals surface area (Å²) in [5, 5.41) is 2.50. The third kappa shape index (κ3) is 6.06. The summed E-state index contributed by atoms with van der Waals surface area (Å²) in [6.07, 6.45) is 0. The lowest BCUT2D eigenvalue weighted by Gasteiger charge is -2.28. The molecule has 0 spiro atoms. The lowest BCUT2D eigenvalue weighted by Crippen LogP contribution is -2.12. The predicted octanol–water partition coefficient (Wildman–Crippen LogP) is 14.5. The molecule has 0 aliphatic heterocycles. The van der Waals surface area contributed by atoms with Crippen LogP contribution in [0.25, 0.3) is 20.2 Å². The van der Waals surface area contributed by atoms with Gasteiger partial charge in [0.05, 0.1) is 0 Å². The largest absolute Gasteiger partial charge is 0.311 e. The maximum Gasteiger partial charge on any atom is 0.0468 e. The van der Waals surface area contributed by atoms with Gasteiger partial charge < -0.3 is 14.7 Å². The first-order valence-corrected chi connectivity index (χ1v) is 18.3. The predicted molar refractivity (Wildman–Crippen MR) is 223 cm³/mol. The quantitative estimate of drug-likeness (QED) is 0.150. The smallest absolute Gasteiger partial charge is 0.0468 e. The Labute approximate surface area is 308 Å². The second-order valence-electron chi connectivity index (χ2n) is 12.7. The molecule has 0 aliphatic carbocycles. The summed E-state index contributed by atoms with van der Waals surface area (Å²) >= 11 is 1.84. The third-order valence-electron chi connectivity index (χ3n) is 9.39. The van der Waals surface area contributed by atoms with Crippen molar-refractivity contribution in [1.82, 2.24) is 0 Å². The first kappa shape index (κ1) is 31.4. The number of thiophene rings is 1. The van der Waals surface area contributed by atoms with Crippen molar-refractivity contribution in [3.63, 3.8) is 0 Å². The van der Waals surface area contributed by atoms with E-state index in [4.69, 9.17) is 0 Å². The normalized spacial score (nSPS) is 11.1. The van der Waals surface area contributed by atoms with Gasteiger partial charge in [0.1, 0.15) is 0 Å². The van der Waals surface area contributed by atoms with Crippen molar-refractivity contribution >= 4 is 82.7 Å². The van der Waals surface area contributed by atoms with Crippen LogP contribution in [0.15, 0.2) is 212 Å². The zero-order chi connectivity index (χ0) is 34.7. The van der Waals surface area contributed by atoms with Gasteiger partial charge >= 0.3 is 0 Å². The Hall–Kier alpha value is -6.62. The standard InChI is InChI=1S/C48H35N3S/c1-6-16-36(17-7-1)49(37-18-8-2-9-19-37)41-26-28-42(29-27-41)51(40-24-14-5-15-25-40)44-31-33-48-46(35-44)45-34-43(30-32-47(45)52-48)50(38-20-10-3-11-21-38)39-22-12-4-13-23-39/h1-35H. The van der Waals surface area contributed by atoms with Gasteiger partial charge in [-0.2, -0.15) is 0 Å². The molecule has 1 aromatic heterocycles. The second-order valence-corrected chi connectivity index (χ2v) is 13.7. The van der Waals surface area contributed by atoms with Crippen molar-refractivity contribution in [2.45, 2.75) is 0 Å². The molecule has 0 saturated heterocycles. The lowest BCUT2D eigenvalue weighted by atomic mass is 10.1. The monoisotopic (exact) mass is 685 g/mol. The van der Waals surface area contributed by atoms with Gasteiger partial charge in [-0.05, 0) is 121 Å². The number of nitrogens with zero attached hydrogens (tertiary/aromatic N) is 3. The minimum absolute atomic E-state index is 1.09. The fourth-order valence-corrected chi connectivity index (χ4v) is 8.08. The average Bonchev–Trinajstić information content (AvgIpc) is 3.58. The van der Waals surface area contributed by atoms with Crippen LogP contribution >= 0.6 is 11.3 Å². The van der Waals surface area contributed by atoms with Gasteiger partial charge in [0.25, 0.3) is 0 Å². The topological polar surface area (TPSA) is 9.72 Å². The summed E-state index contributed by atoms with van der Waals surface area (Å²) in [6.45, 7) is 0. The van der Waals surface area contributed by atoms with E-state index in [2.05, 4.69) is 227 Å². The summed E-state index contributed by atoms with van der Waals surface area (Å²) in [5.41, 5.74) is 10.0. The molecular weight excluding hydrogens is 651 g/mol. The van der Waals surface area contributed by atoms with E-state index in [1.807, 2.05) is 11.3 Å². The third-order valence-corrected chi connectivity index (χ3v) is 10.5. The molecule has 0 aliphatic rings. The number of anilines is 9. The van der Waals surface area contributed by atoms with Crippen molar-refractivity contribution in [2.24, 2.45) is 0 Å². The molecular formula is C48H35N3S. The minimum atomic E-state index is 1.09. The molecule has 4 heteroatoms. The Morgan fingerprint density at radius 3 is 0.750 bits per heavy atom. The van der Waals surface area contributed by atoms with Crippen LogP contribution in [0.3, 0.4) is 0 Å². The maximum absolute atomic E-state index is 2.36. The zero-order valence-electron chi connectivity index (χ0n) is 28.5. The van der Waals surface area contributed by atoms with E-state index in [9.17, 15) is 0 Å². The van der Waals surface area contributed by atoms with Crippen molar-refractivity contribution in [3.8, 4) is 0 Å². The Morgan fingerprint density at radius 1 is 0.231 bits per heavy atom. The molecule has 8 aromatic carbocycles. The highest BCUT2D eigenvalue weighted by atomic mass is 32.1. The van der Waals surface area contributed by atoms with Crippen molar-refractivity contribution in [2.75, 3.05) is 14.7 Å². The fourth-order valence-electron chi connectivity index (χ4n) is 7.01. The Balaban J connectivity index is 1.15. The van der Waals surface area contributed by atoms with Crippen LogP contribution in [0.5, 0.6) is 0 Å². The molecule has 52 heavy (non-hydrogen) atoms. The number of fused-ring (bicyclic) bond motifs is 3. The molecule has 0 amide bonds. The summed E-state index contributed by atoms with van der Waals surface area (Å²) in [4.78, 5) is 6.98. The van der Waals surface area contributed by atoms with Crippen LogP contribution in [0.4, 0.5) is 51.2 Å². The van der Waals surface area contributed by atoms with E-state index in [0.29, 0.717) is 0 Å². The van der Waals surface area contributed by atoms with Crippen LogP contribution in [-0.2, 0) is 0 Å². The van der Waals surface area contributed by atoms with Gasteiger partial charge in [-0.3, -0.25) is 0 Å². The van der Waals surface area contributed by atoms with Crippen molar-refractivity contribution < 1.29 is 0 Å². The van der Waals surface area contributed by atoms with Gasteiger partial charge in [-0.1, -0.05) is 91.0 Å². The number of rotatable bonds is 9. The Bertz CT molecular complexity index is 2470. The number of hydrogen-bond donors (Lipinski definition) is 0. The first-order valence-electron chi connectivity index (χ1n) is 17.5. The number of benzene rings is 8. The van der Waals surface area contributed by atoms with Gasteiger partial charge in [-0.15, -0.1) is 11.3 Å². The van der Waals surface area contributed by atoms with Crippen LogP contribution < -0.4 is 14.7 Å². The van der Waals surface area contributed by atoms with Crippen LogP contribution in [-0.4, -0.2) is 0 Å². The Kier molecular flexibility index (Phi) is 8.41. The highest BCUT2D eigenvalue weighted by Crippen LogP contribution is 2.44. The van der Waals surface area contributed by atoms with E-state index in [-0.39, 0.29) is 0 Å². The fraction of sp³-hybridized carbons (Fsp3) is 0. The van der Waals surface area contributed by atoms with Gasteiger partial charge in [-0.25, -0.2) is 0 Å². The molecule has 9 aromatic rings. The number of para-hydroxylation sites is 5. The van der Waals surface area contributed by atoms with E-state index < -0.39 is 0 Å². The molecule has 0 saturated carbocycles. The second kappa shape index (κ2) is 13.9. The Morgan fingerprint density at radius 2 is 0.462 bits per heavy atom. The highest BCUT2D eigenvalue weighted by molar-refractivity contribution is 7.25. The van der Waals surface area contributed by atoms with Crippen LogP contribution in [0.1, 0.15) is 0 Å². The van der Waals surface area contributed by atoms with Gasteiger partial charge in [0.2, 0.25) is 0 Å². The molecule has 3 nitrogen and oxygen atoms in total. The van der Waals surface area contributed by atoms with E-state index >= 15 is 0 Å². The molecule has 9 rings (SSSR count). The summed E-state index contributed by atoms with van der Waals surface area (Å²) in [6, 6.07) is 75.6. The van der Waals surface area contributed by atoms with Gasteiger partial charge in [0, 0.05) is 71.4 Å². The summed E-state index contributed by atoms with van der Waals surface area (Å²) in [7, 11) is 0. The van der Waals surface area contributed by atoms with Crippen LogP contribution in [0.2, 0.25) is 0 Å². The van der Waals surface area contributed by atoms with Crippen molar-refractivity contribution in [3.05, 3.63) is 212 Å². The molecule has 0 bridgehead atoms. The average molecular weight is 686 g/mol. The molecule has 0 atom stereocenters. The molecule has 1 heterocycles. The molecule has 0 fully saturated rings. The molecule has 248 valence electrons. The maximum atomic E-state index is 2.36. The summed E-state index contributed by atoms with van der Waals surface area (Å²) in [5.74, 6) is 0. The zero-order valence-corrected chi connectivity index (χ0v) is 29.3. The molecule has 0 N–H and O–H groups in total. The molecule has 0 radical (unpaired) electrons. The van der Waals surface area contributed by atoms with Crippen molar-refractivity contribution in [1.29, 1.82) is 0 Å². The number of hydrogen-bond acceptors (Lipinski definition) is 4. The summed E-state index contributed by atoms with van der Waals surface area (Å²) < 4.78 is 2.54. The van der Waals surface area contributed by atoms with E-state index in [0.717, 1.165) is 51.2 Å². The van der Waals surface area contributed by atoms with E-state index in [1.165, 1.54) is 20.2 Å². The SMILES string of the molecule is c1ccc(N(c2ccccc2)c2ccc(N(c3ccccc3)c3ccc4sc5ccc(N(c6ccccc6)c6ccccc6)cc5c4c3)cc2)cc1. The van der Waals surface area contributed by atoms with Gasteiger partial charge in [0.15, 0.2) is 0 Å². The van der Waals surface area contributed by atoms with Crippen LogP contribution in [0, 0.1) is 0 Å². The lowest BCUT2D eigenvalue weighted by molar-refractivity contribution is 1.26. The molecule has 0 unspecified atom stereocenters. The highest BCUT2D eigenvalue weighted by Gasteiger charge is 2.18.